The highest BCUT2D eigenvalue weighted by molar-refractivity contribution is 5.86. The van der Waals surface area contributed by atoms with Crippen LogP contribution in [-0.4, -0.2) is 53.5 Å². The molecule has 1 fully saturated rings. The number of aromatic carboxylic acids is 1. The minimum atomic E-state index is -1.08. The van der Waals surface area contributed by atoms with Crippen molar-refractivity contribution >= 4 is 11.9 Å². The van der Waals surface area contributed by atoms with Crippen molar-refractivity contribution < 1.29 is 19.1 Å². The molecule has 1 aromatic heterocycles. The number of nitrogens with zero attached hydrogens (tertiary/aromatic N) is 2. The predicted molar refractivity (Wildman–Crippen MR) is 63.2 cm³/mol. The van der Waals surface area contributed by atoms with E-state index >= 15 is 0 Å². The predicted octanol–water partition coefficient (Wildman–Crippen LogP) is 0.642. The molecule has 1 aliphatic rings. The Hall–Kier alpha value is -1.82. The van der Waals surface area contributed by atoms with Crippen LogP contribution in [0.25, 0.3) is 0 Å². The summed E-state index contributed by atoms with van der Waals surface area (Å²) in [4.78, 5) is 26.3. The van der Waals surface area contributed by atoms with Crippen LogP contribution < -0.4 is 0 Å². The first-order chi connectivity index (χ1) is 8.58. The van der Waals surface area contributed by atoms with Crippen LogP contribution in [0.2, 0.25) is 0 Å². The molecule has 2 heterocycles. The van der Waals surface area contributed by atoms with E-state index in [1.54, 1.807) is 18.0 Å². The monoisotopic (exact) mass is 252 g/mol. The van der Waals surface area contributed by atoms with E-state index in [-0.39, 0.29) is 11.7 Å². The fourth-order valence-corrected chi connectivity index (χ4v) is 2.07. The Morgan fingerprint density at radius 3 is 3.00 bits per heavy atom. The first kappa shape index (κ1) is 12.6. The van der Waals surface area contributed by atoms with Gasteiger partial charge in [0.05, 0.1) is 12.8 Å². The molecule has 0 atom stereocenters. The molecule has 2 rings (SSSR count). The summed E-state index contributed by atoms with van der Waals surface area (Å²) in [6, 6.07) is 1.64. The number of likely N-dealkylation sites (N-methyl/N-ethyl adjacent to an activating group) is 1. The highest BCUT2D eigenvalue weighted by Gasteiger charge is 2.22. The maximum Gasteiger partial charge on any atom is 0.372 e. The molecule has 0 unspecified atom stereocenters. The average Bonchev–Trinajstić information content (AvgIpc) is 2.70. The summed E-state index contributed by atoms with van der Waals surface area (Å²) in [7, 11) is 1.78. The number of carboxylic acids is 1. The van der Waals surface area contributed by atoms with Crippen LogP contribution in [0.5, 0.6) is 0 Å². The van der Waals surface area contributed by atoms with E-state index in [0.717, 1.165) is 19.5 Å². The molecule has 1 N–H and O–H groups in total. The smallest absolute Gasteiger partial charge is 0.372 e. The van der Waals surface area contributed by atoms with Gasteiger partial charge >= 0.3 is 5.97 Å². The van der Waals surface area contributed by atoms with Gasteiger partial charge in [0, 0.05) is 32.2 Å². The molecule has 0 aliphatic carbocycles. The lowest BCUT2D eigenvalue weighted by Crippen LogP contribution is -2.34. The molecule has 1 amide bonds. The van der Waals surface area contributed by atoms with E-state index in [1.165, 1.54) is 6.26 Å². The van der Waals surface area contributed by atoms with Crippen molar-refractivity contribution in [1.29, 1.82) is 0 Å². The highest BCUT2D eigenvalue weighted by Crippen LogP contribution is 2.15. The number of hydrogen-bond acceptors (Lipinski definition) is 4. The Bertz CT molecular complexity index is 455. The van der Waals surface area contributed by atoms with Crippen LogP contribution >= 0.6 is 0 Å². The zero-order chi connectivity index (χ0) is 13.1. The van der Waals surface area contributed by atoms with E-state index in [2.05, 4.69) is 0 Å². The molecular formula is C12H16N2O4. The lowest BCUT2D eigenvalue weighted by atomic mass is 10.2. The Kier molecular flexibility index (Phi) is 3.66. The summed E-state index contributed by atoms with van der Waals surface area (Å²) in [6.45, 7) is 2.27. The zero-order valence-corrected chi connectivity index (χ0v) is 10.3. The lowest BCUT2D eigenvalue weighted by Gasteiger charge is -2.18. The molecule has 6 nitrogen and oxygen atoms in total. The Balaban J connectivity index is 2.06. The number of rotatable bonds is 3. The number of carbonyl (C=O) groups excluding carboxylic acids is 1. The third-order valence-electron chi connectivity index (χ3n) is 3.09. The summed E-state index contributed by atoms with van der Waals surface area (Å²) < 4.78 is 4.93. The van der Waals surface area contributed by atoms with Crippen molar-refractivity contribution in [2.75, 3.05) is 26.7 Å². The van der Waals surface area contributed by atoms with Crippen LogP contribution in [0, 0.1) is 0 Å². The van der Waals surface area contributed by atoms with Crippen molar-refractivity contribution in [2.45, 2.75) is 13.0 Å². The van der Waals surface area contributed by atoms with Crippen LogP contribution in [0.3, 0.4) is 0 Å². The standard InChI is InChI=1S/C12H16N2O4/c1-13-4-2-5-14(8-10(13)15)7-9-3-6-18-11(9)12(16)17/h3,6H,2,4-5,7-8H2,1H3,(H,16,17). The maximum atomic E-state index is 11.7. The molecule has 0 radical (unpaired) electrons. The van der Waals surface area contributed by atoms with Gasteiger partial charge in [0.15, 0.2) is 0 Å². The minimum Gasteiger partial charge on any atom is -0.475 e. The molecule has 0 aromatic carbocycles. The molecule has 0 spiro atoms. The molecule has 18 heavy (non-hydrogen) atoms. The van der Waals surface area contributed by atoms with E-state index in [9.17, 15) is 9.59 Å². The lowest BCUT2D eigenvalue weighted by molar-refractivity contribution is -0.130. The van der Waals surface area contributed by atoms with E-state index in [0.29, 0.717) is 18.7 Å². The molecular weight excluding hydrogens is 236 g/mol. The zero-order valence-electron chi connectivity index (χ0n) is 10.3. The van der Waals surface area contributed by atoms with Gasteiger partial charge in [-0.1, -0.05) is 0 Å². The van der Waals surface area contributed by atoms with Crippen molar-refractivity contribution in [1.82, 2.24) is 9.80 Å². The Morgan fingerprint density at radius 2 is 2.28 bits per heavy atom. The molecule has 0 bridgehead atoms. The van der Waals surface area contributed by atoms with Crippen LogP contribution in [0.1, 0.15) is 22.5 Å². The molecule has 98 valence electrons. The molecule has 1 aromatic rings. The Morgan fingerprint density at radius 1 is 1.50 bits per heavy atom. The van der Waals surface area contributed by atoms with Crippen molar-refractivity contribution in [3.05, 3.63) is 23.7 Å². The van der Waals surface area contributed by atoms with Crippen molar-refractivity contribution in [2.24, 2.45) is 0 Å². The van der Waals surface area contributed by atoms with Crippen LogP contribution in [0.15, 0.2) is 16.7 Å². The minimum absolute atomic E-state index is 0.0416. The SMILES string of the molecule is CN1CCCN(Cc2ccoc2C(=O)O)CC1=O. The quantitative estimate of drug-likeness (QED) is 0.854. The normalized spacial score (nSPS) is 17.8. The van der Waals surface area contributed by atoms with Gasteiger partial charge in [0.1, 0.15) is 0 Å². The van der Waals surface area contributed by atoms with E-state index in [4.69, 9.17) is 9.52 Å². The maximum absolute atomic E-state index is 11.7. The molecule has 0 saturated carbocycles. The topological polar surface area (TPSA) is 74.0 Å². The number of carbonyl (C=O) groups is 2. The fourth-order valence-electron chi connectivity index (χ4n) is 2.07. The first-order valence-corrected chi connectivity index (χ1v) is 5.84. The van der Waals surface area contributed by atoms with E-state index in [1.807, 2.05) is 4.90 Å². The van der Waals surface area contributed by atoms with Gasteiger partial charge in [-0.3, -0.25) is 9.69 Å². The fraction of sp³-hybridized carbons (Fsp3) is 0.500. The second-order valence-electron chi connectivity index (χ2n) is 4.46. The van der Waals surface area contributed by atoms with E-state index < -0.39 is 5.97 Å². The molecule has 6 heteroatoms. The highest BCUT2D eigenvalue weighted by atomic mass is 16.4. The van der Waals surface area contributed by atoms with Gasteiger partial charge in [-0.25, -0.2) is 4.79 Å². The average molecular weight is 252 g/mol. The second-order valence-corrected chi connectivity index (χ2v) is 4.46. The van der Waals surface area contributed by atoms with Crippen molar-refractivity contribution in [3.63, 3.8) is 0 Å². The molecule has 1 aliphatic heterocycles. The largest absolute Gasteiger partial charge is 0.475 e. The number of hydrogen-bond donors (Lipinski definition) is 1. The van der Waals surface area contributed by atoms with Crippen molar-refractivity contribution in [3.8, 4) is 0 Å². The Labute approximate surface area is 105 Å². The second kappa shape index (κ2) is 5.22. The number of carboxylic acid groups (broad SMARTS) is 1. The van der Waals surface area contributed by atoms with Crippen LogP contribution in [-0.2, 0) is 11.3 Å². The number of amides is 1. The van der Waals surface area contributed by atoms with Crippen LogP contribution in [0.4, 0.5) is 0 Å². The third kappa shape index (κ3) is 2.70. The van der Waals surface area contributed by atoms with Gasteiger partial charge in [0.25, 0.3) is 0 Å². The summed E-state index contributed by atoms with van der Waals surface area (Å²) in [5.74, 6) is -1.05. The summed E-state index contributed by atoms with van der Waals surface area (Å²) >= 11 is 0. The molecule has 1 saturated heterocycles. The van der Waals surface area contributed by atoms with Gasteiger partial charge in [-0.05, 0) is 12.5 Å². The summed E-state index contributed by atoms with van der Waals surface area (Å²) in [5, 5.41) is 8.95. The first-order valence-electron chi connectivity index (χ1n) is 5.84. The third-order valence-corrected chi connectivity index (χ3v) is 3.09. The van der Waals surface area contributed by atoms with Gasteiger partial charge in [-0.2, -0.15) is 0 Å². The van der Waals surface area contributed by atoms with Gasteiger partial charge in [-0.15, -0.1) is 0 Å². The van der Waals surface area contributed by atoms with Gasteiger partial charge in [0.2, 0.25) is 11.7 Å². The summed E-state index contributed by atoms with van der Waals surface area (Å²) in [6.07, 6.45) is 2.26. The van der Waals surface area contributed by atoms with Gasteiger partial charge < -0.3 is 14.4 Å². The summed E-state index contributed by atoms with van der Waals surface area (Å²) in [5.41, 5.74) is 0.611. The number of furan rings is 1.